The first-order chi connectivity index (χ1) is 14.5. The Kier molecular flexibility index (Phi) is 4.88. The number of benzene rings is 2. The molecule has 0 heterocycles. The Bertz CT molecular complexity index is 928. The average Bonchev–Trinajstić information content (AvgIpc) is 2.68. The molecule has 0 atom stereocenters. The van der Waals surface area contributed by atoms with Crippen LogP contribution in [0.1, 0.15) is 60.9 Å². The predicted molar refractivity (Wildman–Crippen MR) is 119 cm³/mol. The van der Waals surface area contributed by atoms with Crippen molar-refractivity contribution in [3.63, 3.8) is 0 Å². The highest BCUT2D eigenvalue weighted by Gasteiger charge is 2.51. The third-order valence-electron chi connectivity index (χ3n) is 7.41. The minimum atomic E-state index is -0.127. The van der Waals surface area contributed by atoms with E-state index in [2.05, 4.69) is 10.6 Å². The summed E-state index contributed by atoms with van der Waals surface area (Å²) in [7, 11) is 0. The first-order valence-electron chi connectivity index (χ1n) is 11.2. The number of carbonyl (C=O) groups excluding carboxylic acids is 2. The topological polar surface area (TPSA) is 58.2 Å². The molecule has 4 fully saturated rings. The number of nitrogens with one attached hydrogen (secondary N) is 2. The Morgan fingerprint density at radius 2 is 1.43 bits per heavy atom. The van der Waals surface area contributed by atoms with Gasteiger partial charge in [0.1, 0.15) is 0 Å². The molecule has 6 rings (SSSR count). The van der Waals surface area contributed by atoms with Gasteiger partial charge in [0.25, 0.3) is 5.91 Å². The fraction of sp³-hybridized carbons (Fsp3) is 0.462. The van der Waals surface area contributed by atoms with Crippen LogP contribution in [0.2, 0.25) is 0 Å². The molecular formula is C26H30N2O2. The number of aryl methyl sites for hydroxylation is 1. The summed E-state index contributed by atoms with van der Waals surface area (Å²) in [5, 5.41) is 6.00. The Hall–Kier alpha value is -2.62. The van der Waals surface area contributed by atoms with E-state index in [1.165, 1.54) is 38.5 Å². The largest absolute Gasteiger partial charge is 0.326 e. The number of carbonyl (C=O) groups is 2. The zero-order valence-electron chi connectivity index (χ0n) is 17.6. The molecule has 0 aliphatic heterocycles. The van der Waals surface area contributed by atoms with E-state index in [9.17, 15) is 9.59 Å². The van der Waals surface area contributed by atoms with Gasteiger partial charge in [-0.15, -0.1) is 0 Å². The Morgan fingerprint density at radius 1 is 0.867 bits per heavy atom. The fourth-order valence-electron chi connectivity index (χ4n) is 6.68. The van der Waals surface area contributed by atoms with Gasteiger partial charge in [-0.3, -0.25) is 9.59 Å². The monoisotopic (exact) mass is 402 g/mol. The molecule has 2 N–H and O–H groups in total. The van der Waals surface area contributed by atoms with Crippen LogP contribution < -0.4 is 10.6 Å². The van der Waals surface area contributed by atoms with Gasteiger partial charge in [0, 0.05) is 23.4 Å². The summed E-state index contributed by atoms with van der Waals surface area (Å²) in [6, 6.07) is 14.9. The maximum absolute atomic E-state index is 12.8. The van der Waals surface area contributed by atoms with Crippen molar-refractivity contribution in [1.29, 1.82) is 0 Å². The first kappa shape index (κ1) is 19.3. The van der Waals surface area contributed by atoms with Gasteiger partial charge in [-0.05, 0) is 105 Å². The van der Waals surface area contributed by atoms with Crippen molar-refractivity contribution in [2.75, 3.05) is 10.6 Å². The molecule has 4 bridgehead atoms. The van der Waals surface area contributed by atoms with E-state index in [-0.39, 0.29) is 17.2 Å². The lowest BCUT2D eigenvalue weighted by Gasteiger charge is -2.56. The molecule has 4 nitrogen and oxygen atoms in total. The van der Waals surface area contributed by atoms with Crippen LogP contribution >= 0.6 is 0 Å². The number of rotatable bonds is 5. The van der Waals surface area contributed by atoms with Gasteiger partial charge in [-0.1, -0.05) is 17.7 Å². The molecule has 2 amide bonds. The number of anilines is 2. The second-order valence-corrected chi connectivity index (χ2v) is 10.0. The van der Waals surface area contributed by atoms with Crippen molar-refractivity contribution in [2.45, 2.75) is 51.9 Å². The summed E-state index contributed by atoms with van der Waals surface area (Å²) in [6.45, 7) is 1.97. The molecule has 2 aromatic carbocycles. The van der Waals surface area contributed by atoms with Crippen molar-refractivity contribution in [3.05, 3.63) is 59.7 Å². The highest BCUT2D eigenvalue weighted by atomic mass is 16.2. The third-order valence-corrected chi connectivity index (χ3v) is 7.41. The van der Waals surface area contributed by atoms with Crippen LogP contribution in [-0.2, 0) is 4.79 Å². The smallest absolute Gasteiger partial charge is 0.255 e. The van der Waals surface area contributed by atoms with Crippen molar-refractivity contribution in [3.8, 4) is 0 Å². The maximum Gasteiger partial charge on any atom is 0.255 e. The Labute approximate surface area is 178 Å². The summed E-state index contributed by atoms with van der Waals surface area (Å²) in [5.74, 6) is 2.59. The predicted octanol–water partition coefficient (Wildman–Crippen LogP) is 5.79. The molecule has 0 aromatic heterocycles. The van der Waals surface area contributed by atoms with E-state index in [0.29, 0.717) is 12.0 Å². The van der Waals surface area contributed by atoms with E-state index >= 15 is 0 Å². The van der Waals surface area contributed by atoms with Gasteiger partial charge in [0.05, 0.1) is 0 Å². The highest BCUT2D eigenvalue weighted by molar-refractivity contribution is 6.04. The van der Waals surface area contributed by atoms with Gasteiger partial charge in [0.2, 0.25) is 5.91 Å². The molecule has 4 saturated carbocycles. The minimum Gasteiger partial charge on any atom is -0.326 e. The normalized spacial score (nSPS) is 28.9. The molecule has 4 aliphatic rings. The summed E-state index contributed by atoms with van der Waals surface area (Å²) < 4.78 is 0. The van der Waals surface area contributed by atoms with Crippen LogP contribution in [0.5, 0.6) is 0 Å². The number of amides is 2. The van der Waals surface area contributed by atoms with Gasteiger partial charge in [-0.25, -0.2) is 0 Å². The lowest BCUT2D eigenvalue weighted by Crippen LogP contribution is -2.47. The summed E-state index contributed by atoms with van der Waals surface area (Å²) in [6.07, 6.45) is 8.59. The average molecular weight is 403 g/mol. The molecular weight excluding hydrogens is 372 g/mol. The van der Waals surface area contributed by atoms with Crippen LogP contribution in [0.4, 0.5) is 11.4 Å². The van der Waals surface area contributed by atoms with Crippen molar-refractivity contribution >= 4 is 23.2 Å². The quantitative estimate of drug-likeness (QED) is 0.665. The summed E-state index contributed by atoms with van der Waals surface area (Å²) in [4.78, 5) is 25.2. The minimum absolute atomic E-state index is 0.127. The number of hydrogen-bond acceptors (Lipinski definition) is 2. The van der Waals surface area contributed by atoms with E-state index in [1.54, 1.807) is 6.07 Å². The molecule has 0 saturated heterocycles. The van der Waals surface area contributed by atoms with Crippen molar-refractivity contribution in [2.24, 2.45) is 23.2 Å². The molecule has 2 aromatic rings. The second-order valence-electron chi connectivity index (χ2n) is 10.0. The van der Waals surface area contributed by atoms with E-state index < -0.39 is 0 Å². The van der Waals surface area contributed by atoms with Gasteiger partial charge in [-0.2, -0.15) is 0 Å². The Balaban J connectivity index is 1.18. The Morgan fingerprint density at radius 3 is 2.00 bits per heavy atom. The summed E-state index contributed by atoms with van der Waals surface area (Å²) in [5.41, 5.74) is 3.46. The number of hydrogen-bond donors (Lipinski definition) is 2. The van der Waals surface area contributed by atoms with Crippen molar-refractivity contribution < 1.29 is 9.59 Å². The van der Waals surface area contributed by atoms with Gasteiger partial charge in [0.15, 0.2) is 0 Å². The van der Waals surface area contributed by atoms with Crippen molar-refractivity contribution in [1.82, 2.24) is 0 Å². The molecule has 4 aliphatic carbocycles. The highest BCUT2D eigenvalue weighted by Crippen LogP contribution is 2.61. The lowest BCUT2D eigenvalue weighted by molar-refractivity contribution is -0.124. The first-order valence-corrected chi connectivity index (χ1v) is 11.2. The zero-order chi connectivity index (χ0) is 20.7. The van der Waals surface area contributed by atoms with Crippen LogP contribution in [0.25, 0.3) is 0 Å². The van der Waals surface area contributed by atoms with Crippen LogP contribution in [0, 0.1) is 30.1 Å². The van der Waals surface area contributed by atoms with Gasteiger partial charge >= 0.3 is 0 Å². The molecule has 0 radical (unpaired) electrons. The molecule has 30 heavy (non-hydrogen) atoms. The van der Waals surface area contributed by atoms with Crippen LogP contribution in [0.3, 0.4) is 0 Å². The fourth-order valence-corrected chi connectivity index (χ4v) is 6.68. The standard InChI is InChI=1S/C26H30N2O2/c1-17-3-2-4-21(9-17)25(30)28-23-7-5-22(6-8-23)27-24(29)16-26-13-18-10-19(14-26)12-20(11-18)15-26/h2-9,18-20H,10-16H2,1H3,(H,27,29)(H,28,30). The SMILES string of the molecule is Cc1cccc(C(=O)Nc2ccc(NC(=O)CC34CC5CC(CC(C5)C3)C4)cc2)c1. The lowest BCUT2D eigenvalue weighted by atomic mass is 9.49. The van der Waals surface area contributed by atoms with Crippen LogP contribution in [0.15, 0.2) is 48.5 Å². The third kappa shape index (κ3) is 4.00. The molecule has 0 spiro atoms. The molecule has 0 unspecified atom stereocenters. The van der Waals surface area contributed by atoms with Crippen LogP contribution in [-0.4, -0.2) is 11.8 Å². The molecule has 156 valence electrons. The van der Waals surface area contributed by atoms with Gasteiger partial charge < -0.3 is 10.6 Å². The van der Waals surface area contributed by atoms with E-state index in [0.717, 1.165) is 34.7 Å². The maximum atomic E-state index is 12.8. The second kappa shape index (κ2) is 7.57. The zero-order valence-corrected chi connectivity index (χ0v) is 17.6. The van der Waals surface area contributed by atoms with E-state index in [1.807, 2.05) is 49.4 Å². The van der Waals surface area contributed by atoms with E-state index in [4.69, 9.17) is 0 Å². The summed E-state index contributed by atoms with van der Waals surface area (Å²) >= 11 is 0. The molecule has 4 heteroatoms.